The third-order valence-electron chi connectivity index (χ3n) is 6.02. The monoisotopic (exact) mass is 547 g/mol. The van der Waals surface area contributed by atoms with Crippen molar-refractivity contribution >= 4 is 43.6 Å². The molecule has 1 aromatic carbocycles. The molecule has 0 radical (unpaired) electrons. The maximum Gasteiger partial charge on any atom is 0.446 e. The maximum absolute atomic E-state index is 11.8. The van der Waals surface area contributed by atoms with Crippen LogP contribution >= 0.6 is 23.9 Å². The van der Waals surface area contributed by atoms with Crippen LogP contribution in [0.5, 0.6) is 0 Å². The fraction of sp³-hybridized carbons (Fsp3) is 0.680. The van der Waals surface area contributed by atoms with Crippen molar-refractivity contribution in [1.82, 2.24) is 0 Å². The van der Waals surface area contributed by atoms with Crippen molar-refractivity contribution in [1.29, 1.82) is 0 Å². The van der Waals surface area contributed by atoms with Gasteiger partial charge in [-0.15, -0.1) is 0 Å². The third-order valence-corrected chi connectivity index (χ3v) is 13.4. The van der Waals surface area contributed by atoms with Crippen molar-refractivity contribution in [2.75, 3.05) is 6.61 Å². The van der Waals surface area contributed by atoms with Crippen LogP contribution in [0.4, 0.5) is 0 Å². The second kappa shape index (κ2) is 11.1. The van der Waals surface area contributed by atoms with Gasteiger partial charge in [-0.2, -0.15) is 13.9 Å². The van der Waals surface area contributed by atoms with E-state index in [0.29, 0.717) is 11.9 Å². The van der Waals surface area contributed by atoms with Crippen LogP contribution in [-0.2, 0) is 18.9 Å². The van der Waals surface area contributed by atoms with Gasteiger partial charge in [0.2, 0.25) is 0 Å². The summed E-state index contributed by atoms with van der Waals surface area (Å²) in [6, 6.07) is 3.98. The Bertz CT molecular complexity index is 775. The third kappa shape index (κ3) is 7.73. The molecular weight excluding hydrogens is 503 g/mol. The standard InChI is InChI=1S/C25H45BrO4PSi/c1-13-20-16-21(26)17-22(31(27,29-18(2)3)30-19(4)5)23(20)25(9,10)14-15-28-32(11,12)24(6,7)8/h13,16-19,27H,1,14-15H2,2-12H3/q+1. The number of rotatable bonds is 11. The molecule has 184 valence electrons. The first-order chi connectivity index (χ1) is 14.4. The first-order valence-corrected chi connectivity index (χ1v) is 16.7. The molecule has 0 fully saturated rings. The summed E-state index contributed by atoms with van der Waals surface area (Å²) >= 11 is 3.61. The minimum absolute atomic E-state index is 0.161. The highest BCUT2D eigenvalue weighted by atomic mass is 79.9. The highest BCUT2D eigenvalue weighted by molar-refractivity contribution is 9.10. The molecule has 0 unspecified atom stereocenters. The summed E-state index contributed by atoms with van der Waals surface area (Å²) < 4.78 is 19.5. The first-order valence-electron chi connectivity index (χ1n) is 11.5. The Morgan fingerprint density at radius 1 is 1.06 bits per heavy atom. The molecular formula is C25H45BrO4PSi+. The van der Waals surface area contributed by atoms with E-state index in [0.717, 1.165) is 22.0 Å². The lowest BCUT2D eigenvalue weighted by atomic mass is 9.79. The Kier molecular flexibility index (Phi) is 10.4. The normalized spacial score (nSPS) is 13.8. The molecule has 32 heavy (non-hydrogen) atoms. The molecule has 0 aliphatic carbocycles. The summed E-state index contributed by atoms with van der Waals surface area (Å²) in [6.45, 7) is 28.1. The highest BCUT2D eigenvalue weighted by Gasteiger charge is 2.51. The fourth-order valence-electron chi connectivity index (χ4n) is 3.35. The highest BCUT2D eigenvalue weighted by Crippen LogP contribution is 2.60. The number of halogens is 1. The van der Waals surface area contributed by atoms with Crippen molar-refractivity contribution in [3.63, 3.8) is 0 Å². The van der Waals surface area contributed by atoms with Gasteiger partial charge in [-0.1, -0.05) is 63.2 Å². The van der Waals surface area contributed by atoms with Gasteiger partial charge < -0.3 is 4.43 Å². The van der Waals surface area contributed by atoms with E-state index in [4.69, 9.17) is 13.5 Å². The van der Waals surface area contributed by atoms with E-state index in [1.165, 1.54) is 0 Å². The van der Waals surface area contributed by atoms with Crippen LogP contribution in [0.2, 0.25) is 18.1 Å². The molecule has 0 bridgehead atoms. The zero-order chi connectivity index (χ0) is 25.1. The van der Waals surface area contributed by atoms with Gasteiger partial charge in [-0.05, 0) is 69.3 Å². The van der Waals surface area contributed by atoms with Crippen LogP contribution in [0.15, 0.2) is 23.2 Å². The van der Waals surface area contributed by atoms with Crippen LogP contribution in [-0.4, -0.2) is 32.0 Å². The van der Waals surface area contributed by atoms with E-state index < -0.39 is 16.3 Å². The van der Waals surface area contributed by atoms with E-state index in [9.17, 15) is 4.89 Å². The summed E-state index contributed by atoms with van der Waals surface area (Å²) in [5, 5.41) is 0.871. The molecule has 0 saturated carbocycles. The summed E-state index contributed by atoms with van der Waals surface area (Å²) in [6.07, 6.45) is 2.28. The zero-order valence-corrected chi connectivity index (χ0v) is 25.5. The van der Waals surface area contributed by atoms with Gasteiger partial charge >= 0.3 is 7.94 Å². The van der Waals surface area contributed by atoms with Gasteiger partial charge in [0.1, 0.15) is 12.2 Å². The van der Waals surface area contributed by atoms with Crippen molar-refractivity contribution in [2.24, 2.45) is 0 Å². The fourth-order valence-corrected chi connectivity index (χ4v) is 7.48. The molecule has 0 amide bonds. The molecule has 0 atom stereocenters. The summed E-state index contributed by atoms with van der Waals surface area (Å²) in [4.78, 5) is 11.8. The maximum atomic E-state index is 11.8. The number of benzene rings is 1. The quantitative estimate of drug-likeness (QED) is 0.225. The lowest BCUT2D eigenvalue weighted by Gasteiger charge is -2.38. The molecule has 1 N–H and O–H groups in total. The topological polar surface area (TPSA) is 47.9 Å². The Balaban J connectivity index is 3.51. The first kappa shape index (κ1) is 30.0. The van der Waals surface area contributed by atoms with Gasteiger partial charge in [0, 0.05) is 22.7 Å². The van der Waals surface area contributed by atoms with E-state index >= 15 is 0 Å². The Morgan fingerprint density at radius 3 is 1.97 bits per heavy atom. The zero-order valence-electron chi connectivity index (χ0n) is 22.0. The summed E-state index contributed by atoms with van der Waals surface area (Å²) in [5.41, 5.74) is 1.67. The molecule has 1 rings (SSSR count). The minimum atomic E-state index is -3.34. The SMILES string of the molecule is C=Cc1cc(Br)cc([P+](O)(OC(C)C)OC(C)C)c1C(C)(C)CCO[Si](C)(C)C(C)(C)C. The van der Waals surface area contributed by atoms with Gasteiger partial charge in [0.05, 0.1) is 0 Å². The van der Waals surface area contributed by atoms with Crippen molar-refractivity contribution < 1.29 is 18.4 Å². The second-order valence-corrected chi connectivity index (χ2v) is 18.8. The molecule has 1 aromatic rings. The molecule has 0 aromatic heterocycles. The average Bonchev–Trinajstić information content (AvgIpc) is 2.57. The summed E-state index contributed by atoms with van der Waals surface area (Å²) in [7, 11) is -5.19. The lowest BCUT2D eigenvalue weighted by molar-refractivity contribution is 0.126. The van der Waals surface area contributed by atoms with Crippen LogP contribution in [0.3, 0.4) is 0 Å². The van der Waals surface area contributed by atoms with E-state index in [2.05, 4.69) is 70.2 Å². The van der Waals surface area contributed by atoms with E-state index in [-0.39, 0.29) is 22.7 Å². The van der Waals surface area contributed by atoms with Gasteiger partial charge in [0.25, 0.3) is 0 Å². The van der Waals surface area contributed by atoms with Gasteiger partial charge in [-0.3, -0.25) is 0 Å². The molecule has 0 saturated heterocycles. The molecule has 0 heterocycles. The van der Waals surface area contributed by atoms with Crippen LogP contribution in [0.1, 0.15) is 79.9 Å². The number of hydrogen-bond acceptors (Lipinski definition) is 4. The van der Waals surface area contributed by atoms with Crippen LogP contribution in [0.25, 0.3) is 6.08 Å². The predicted octanol–water partition coefficient (Wildman–Crippen LogP) is 8.01. The van der Waals surface area contributed by atoms with Gasteiger partial charge in [-0.25, -0.2) is 0 Å². The molecule has 4 nitrogen and oxygen atoms in total. The average molecular weight is 549 g/mol. The smallest absolute Gasteiger partial charge is 0.417 e. The predicted molar refractivity (Wildman–Crippen MR) is 146 cm³/mol. The second-order valence-electron chi connectivity index (χ2n) is 11.2. The minimum Gasteiger partial charge on any atom is -0.417 e. The summed E-state index contributed by atoms with van der Waals surface area (Å²) in [5.74, 6) is 0. The van der Waals surface area contributed by atoms with Crippen molar-refractivity contribution in [3.05, 3.63) is 34.3 Å². The molecule has 0 spiro atoms. The Hall–Kier alpha value is -0.0731. The molecule has 0 aliphatic rings. The van der Waals surface area contributed by atoms with Crippen LogP contribution in [0, 0.1) is 0 Å². The van der Waals surface area contributed by atoms with E-state index in [1.54, 1.807) is 0 Å². The van der Waals surface area contributed by atoms with Crippen molar-refractivity contribution in [3.8, 4) is 0 Å². The van der Waals surface area contributed by atoms with E-state index in [1.807, 2.05) is 45.9 Å². The van der Waals surface area contributed by atoms with Gasteiger partial charge in [0.15, 0.2) is 13.6 Å². The Morgan fingerprint density at radius 2 is 1.56 bits per heavy atom. The molecule has 0 aliphatic heterocycles. The van der Waals surface area contributed by atoms with Crippen LogP contribution < -0.4 is 5.30 Å². The lowest BCUT2D eigenvalue weighted by Crippen LogP contribution is -2.42. The number of hydrogen-bond donors (Lipinski definition) is 1. The van der Waals surface area contributed by atoms with Crippen molar-refractivity contribution in [2.45, 2.75) is 104 Å². The Labute approximate surface area is 207 Å². The largest absolute Gasteiger partial charge is 0.446 e. The molecule has 7 heteroatoms.